The van der Waals surface area contributed by atoms with E-state index in [2.05, 4.69) is 4.74 Å². The second-order valence-electron chi connectivity index (χ2n) is 7.56. The lowest BCUT2D eigenvalue weighted by atomic mass is 10.2. The first-order chi connectivity index (χ1) is 18.0. The van der Waals surface area contributed by atoms with Crippen LogP contribution in [0.4, 0.5) is 24.5 Å². The molecule has 0 amide bonds. The number of anilines is 2. The highest BCUT2D eigenvalue weighted by atomic mass is 19.4. The molecule has 0 aromatic heterocycles. The summed E-state index contributed by atoms with van der Waals surface area (Å²) in [7, 11) is 0. The smallest absolute Gasteiger partial charge is 0.459 e. The van der Waals surface area contributed by atoms with E-state index in [0.717, 1.165) is 30.3 Å². The fraction of sp³-hybridized carbons (Fsp3) is 0.115. The van der Waals surface area contributed by atoms with Gasteiger partial charge in [-0.3, -0.25) is 0 Å². The summed E-state index contributed by atoms with van der Waals surface area (Å²) in [5.74, 6) is -2.41. The zero-order valence-electron chi connectivity index (χ0n) is 19.6. The monoisotopic (exact) mass is 530 g/mol. The fourth-order valence-corrected chi connectivity index (χ4v) is 2.97. The number of nitrogens with two attached hydrogens (primary N) is 2. The number of carbonyl (C=O) groups excluding carboxylic acids is 3. The van der Waals surface area contributed by atoms with Crippen LogP contribution in [-0.2, 0) is 14.3 Å². The van der Waals surface area contributed by atoms with Crippen LogP contribution in [0, 0.1) is 0 Å². The predicted octanol–water partition coefficient (Wildman–Crippen LogP) is 4.38. The molecule has 3 aromatic rings. The van der Waals surface area contributed by atoms with E-state index in [1.54, 1.807) is 12.1 Å². The van der Waals surface area contributed by atoms with Crippen LogP contribution in [0.3, 0.4) is 0 Å². The third kappa shape index (κ3) is 8.90. The van der Waals surface area contributed by atoms with Crippen molar-refractivity contribution in [2.24, 2.45) is 0 Å². The van der Waals surface area contributed by atoms with E-state index in [1.807, 2.05) is 0 Å². The summed E-state index contributed by atoms with van der Waals surface area (Å²) in [5, 5.41) is 0. The van der Waals surface area contributed by atoms with Gasteiger partial charge in [-0.25, -0.2) is 14.4 Å². The highest BCUT2D eigenvalue weighted by molar-refractivity contribution is 5.92. The molecule has 0 fully saturated rings. The van der Waals surface area contributed by atoms with Gasteiger partial charge in [0.05, 0.1) is 11.1 Å². The van der Waals surface area contributed by atoms with Crippen LogP contribution >= 0.6 is 0 Å². The molecule has 0 saturated heterocycles. The second kappa shape index (κ2) is 12.3. The average molecular weight is 530 g/mol. The second-order valence-corrected chi connectivity index (χ2v) is 7.56. The largest absolute Gasteiger partial charge is 0.573 e. The lowest BCUT2D eigenvalue weighted by Crippen LogP contribution is -2.17. The molecule has 0 radical (unpaired) electrons. The van der Waals surface area contributed by atoms with E-state index < -0.39 is 30.0 Å². The summed E-state index contributed by atoms with van der Waals surface area (Å²) in [6.45, 7) is -0.351. The summed E-state index contributed by atoms with van der Waals surface area (Å²) in [5.41, 5.74) is 12.7. The fourth-order valence-electron chi connectivity index (χ4n) is 2.97. The minimum Gasteiger partial charge on any atom is -0.459 e. The maximum atomic E-state index is 12.2. The minimum atomic E-state index is -4.84. The van der Waals surface area contributed by atoms with Crippen molar-refractivity contribution in [3.63, 3.8) is 0 Å². The molecule has 3 aromatic carbocycles. The Bertz CT molecular complexity index is 1300. The van der Waals surface area contributed by atoms with Crippen molar-refractivity contribution in [1.82, 2.24) is 0 Å². The Morgan fingerprint density at radius 3 is 1.92 bits per heavy atom. The molecule has 0 bridgehead atoms. The summed E-state index contributed by atoms with van der Waals surface area (Å²) < 4.78 is 55.6. The van der Waals surface area contributed by atoms with Crippen molar-refractivity contribution in [2.45, 2.75) is 6.36 Å². The topological polar surface area (TPSA) is 140 Å². The Balaban J connectivity index is 1.42. The zero-order valence-corrected chi connectivity index (χ0v) is 19.6. The Morgan fingerprint density at radius 2 is 1.32 bits per heavy atom. The molecule has 0 saturated carbocycles. The number of esters is 3. The molecule has 38 heavy (non-hydrogen) atoms. The third-order valence-electron chi connectivity index (χ3n) is 4.60. The molecule has 0 aliphatic heterocycles. The first-order valence-electron chi connectivity index (χ1n) is 10.8. The van der Waals surface area contributed by atoms with Crippen LogP contribution in [0.2, 0.25) is 0 Å². The lowest BCUT2D eigenvalue weighted by molar-refractivity contribution is -0.274. The molecular weight excluding hydrogens is 509 g/mol. The number of benzene rings is 3. The van der Waals surface area contributed by atoms with E-state index in [9.17, 15) is 27.6 Å². The van der Waals surface area contributed by atoms with Gasteiger partial charge in [0.25, 0.3) is 0 Å². The third-order valence-corrected chi connectivity index (χ3v) is 4.60. The van der Waals surface area contributed by atoms with Crippen molar-refractivity contribution in [3.05, 3.63) is 89.5 Å². The SMILES string of the molecule is Nc1cc(N)cc(C(=O)OCCOC(=O)/C=C/c2ccc(OC(=O)c3ccc(OC(F)(F)F)cc3)cc2)c1. The molecule has 0 aliphatic carbocycles. The highest BCUT2D eigenvalue weighted by Gasteiger charge is 2.31. The van der Waals surface area contributed by atoms with Crippen molar-refractivity contribution in [3.8, 4) is 11.5 Å². The molecule has 198 valence electrons. The Kier molecular flexibility index (Phi) is 8.93. The molecule has 0 spiro atoms. The number of nitrogen functional groups attached to an aromatic ring is 2. The van der Waals surface area contributed by atoms with Gasteiger partial charge in [-0.1, -0.05) is 12.1 Å². The number of ether oxygens (including phenoxy) is 4. The minimum absolute atomic E-state index is 0.0222. The number of alkyl halides is 3. The number of rotatable bonds is 9. The van der Waals surface area contributed by atoms with Crippen LogP contribution in [0.15, 0.2) is 72.8 Å². The summed E-state index contributed by atoms with van der Waals surface area (Å²) in [4.78, 5) is 36.0. The van der Waals surface area contributed by atoms with E-state index in [-0.39, 0.29) is 30.1 Å². The van der Waals surface area contributed by atoms with Gasteiger partial charge in [-0.2, -0.15) is 0 Å². The Morgan fingerprint density at radius 1 is 0.737 bits per heavy atom. The van der Waals surface area contributed by atoms with Gasteiger partial charge < -0.3 is 30.4 Å². The van der Waals surface area contributed by atoms with Gasteiger partial charge in [0, 0.05) is 17.5 Å². The number of carbonyl (C=O) groups is 3. The van der Waals surface area contributed by atoms with Crippen molar-refractivity contribution < 1.29 is 46.5 Å². The summed E-state index contributed by atoms with van der Waals surface area (Å²) >= 11 is 0. The van der Waals surface area contributed by atoms with Gasteiger partial charge in [0.1, 0.15) is 24.7 Å². The van der Waals surface area contributed by atoms with Gasteiger partial charge >= 0.3 is 24.3 Å². The molecule has 9 nitrogen and oxygen atoms in total. The van der Waals surface area contributed by atoms with Crippen LogP contribution in [-0.4, -0.2) is 37.5 Å². The highest BCUT2D eigenvalue weighted by Crippen LogP contribution is 2.23. The first kappa shape index (κ1) is 27.6. The van der Waals surface area contributed by atoms with Crippen LogP contribution < -0.4 is 20.9 Å². The van der Waals surface area contributed by atoms with Gasteiger partial charge in [0.2, 0.25) is 0 Å². The molecule has 0 unspecified atom stereocenters. The summed E-state index contributed by atoms with van der Waals surface area (Å²) in [6, 6.07) is 14.6. The average Bonchev–Trinajstić information content (AvgIpc) is 2.85. The maximum absolute atomic E-state index is 12.2. The normalized spacial score (nSPS) is 11.1. The van der Waals surface area contributed by atoms with Crippen molar-refractivity contribution >= 4 is 35.4 Å². The zero-order chi connectivity index (χ0) is 27.7. The molecule has 0 heterocycles. The lowest BCUT2D eigenvalue weighted by Gasteiger charge is -2.09. The molecule has 3 rings (SSSR count). The number of hydrogen-bond donors (Lipinski definition) is 2. The van der Waals surface area contributed by atoms with Gasteiger partial charge in [0.15, 0.2) is 0 Å². The van der Waals surface area contributed by atoms with Gasteiger partial charge in [-0.05, 0) is 66.2 Å². The Labute approximate surface area is 214 Å². The molecule has 12 heteroatoms. The van der Waals surface area contributed by atoms with Crippen molar-refractivity contribution in [1.29, 1.82) is 0 Å². The first-order valence-corrected chi connectivity index (χ1v) is 10.8. The molecule has 0 atom stereocenters. The standard InChI is InChI=1S/C26H21F3N2O7/c27-26(28,29)38-22-8-4-17(5-9-22)25(34)37-21-6-1-16(2-7-21)3-10-23(32)35-11-12-36-24(33)18-13-19(30)15-20(31)14-18/h1-10,13-15H,11-12,30-31H2/b10-3+. The Hall–Kier alpha value is -5.00. The van der Waals surface area contributed by atoms with E-state index >= 15 is 0 Å². The van der Waals surface area contributed by atoms with E-state index in [4.69, 9.17) is 25.7 Å². The van der Waals surface area contributed by atoms with Crippen molar-refractivity contribution in [2.75, 3.05) is 24.7 Å². The maximum Gasteiger partial charge on any atom is 0.573 e. The van der Waals surface area contributed by atoms with E-state index in [0.29, 0.717) is 16.9 Å². The summed E-state index contributed by atoms with van der Waals surface area (Å²) in [6.07, 6.45) is -2.22. The number of hydrogen-bond acceptors (Lipinski definition) is 9. The molecule has 0 aliphatic rings. The van der Waals surface area contributed by atoms with Crippen LogP contribution in [0.5, 0.6) is 11.5 Å². The van der Waals surface area contributed by atoms with E-state index in [1.165, 1.54) is 36.4 Å². The quantitative estimate of drug-likeness (QED) is 0.136. The van der Waals surface area contributed by atoms with Gasteiger partial charge in [-0.15, -0.1) is 13.2 Å². The molecular formula is C26H21F3N2O7. The predicted molar refractivity (Wildman–Crippen MR) is 130 cm³/mol. The van der Waals surface area contributed by atoms with Crippen LogP contribution in [0.1, 0.15) is 26.3 Å². The molecule has 4 N–H and O–H groups in total. The number of halogens is 3. The van der Waals surface area contributed by atoms with Crippen LogP contribution in [0.25, 0.3) is 6.08 Å².